The summed E-state index contributed by atoms with van der Waals surface area (Å²) in [6.07, 6.45) is 6.79. The maximum absolute atomic E-state index is 12.2. The first-order valence-electron chi connectivity index (χ1n) is 7.47. The standard InChI is InChI=1S/C14H22N2O5S/c1-21-14(18)12-6-8-16(9-7-12)22(19,20)15-13(17)10-11-4-2-3-5-11/h2,4,11-12H,3,5-10H2,1H3,(H,15,17)/t11-/m1/s1. The summed E-state index contributed by atoms with van der Waals surface area (Å²) in [5, 5.41) is 0. The molecule has 0 aromatic heterocycles. The summed E-state index contributed by atoms with van der Waals surface area (Å²) in [6, 6.07) is 0. The molecule has 124 valence electrons. The van der Waals surface area contributed by atoms with E-state index in [1.54, 1.807) is 0 Å². The normalized spacial score (nSPS) is 23.4. The Balaban J connectivity index is 1.84. The zero-order chi connectivity index (χ0) is 16.2. The SMILES string of the molecule is COC(=O)C1CCN(S(=O)(=O)NC(=O)C[C@@H]2C=CCC2)CC1. The van der Waals surface area contributed by atoms with Gasteiger partial charge in [-0.3, -0.25) is 9.59 Å². The molecule has 0 spiro atoms. The number of esters is 1. The quantitative estimate of drug-likeness (QED) is 0.588. The van der Waals surface area contributed by atoms with Crippen LogP contribution >= 0.6 is 0 Å². The molecular formula is C14H22N2O5S. The van der Waals surface area contributed by atoms with Crippen LogP contribution in [0, 0.1) is 11.8 Å². The lowest BCUT2D eigenvalue weighted by molar-refractivity contribution is -0.146. The third-order valence-corrected chi connectivity index (χ3v) is 5.66. The number of carbonyl (C=O) groups is 2. The summed E-state index contributed by atoms with van der Waals surface area (Å²) in [5.74, 6) is -0.934. The Kier molecular flexibility index (Phi) is 5.57. The second kappa shape index (κ2) is 7.23. The number of amides is 1. The molecule has 1 saturated heterocycles. The average Bonchev–Trinajstić information content (AvgIpc) is 2.98. The van der Waals surface area contributed by atoms with Gasteiger partial charge in [0.15, 0.2) is 0 Å². The van der Waals surface area contributed by atoms with E-state index in [-0.39, 0.29) is 37.3 Å². The van der Waals surface area contributed by atoms with Crippen molar-refractivity contribution in [2.45, 2.75) is 32.1 Å². The molecule has 0 aromatic rings. The molecule has 2 aliphatic rings. The highest BCUT2D eigenvalue weighted by atomic mass is 32.2. The topological polar surface area (TPSA) is 92.8 Å². The molecule has 2 rings (SSSR count). The Labute approximate surface area is 130 Å². The lowest BCUT2D eigenvalue weighted by Gasteiger charge is -2.29. The van der Waals surface area contributed by atoms with Crippen LogP contribution in [-0.4, -0.2) is 44.8 Å². The van der Waals surface area contributed by atoms with Crippen LogP contribution in [0.2, 0.25) is 0 Å². The molecule has 22 heavy (non-hydrogen) atoms. The molecule has 1 fully saturated rings. The average molecular weight is 330 g/mol. The van der Waals surface area contributed by atoms with E-state index < -0.39 is 16.1 Å². The summed E-state index contributed by atoms with van der Waals surface area (Å²) in [6.45, 7) is 0.428. The van der Waals surface area contributed by atoms with Crippen LogP contribution in [0.25, 0.3) is 0 Å². The zero-order valence-corrected chi connectivity index (χ0v) is 13.5. The van der Waals surface area contributed by atoms with Crippen molar-refractivity contribution in [3.63, 3.8) is 0 Å². The highest BCUT2D eigenvalue weighted by molar-refractivity contribution is 7.87. The maximum Gasteiger partial charge on any atom is 0.308 e. The van der Waals surface area contributed by atoms with Crippen molar-refractivity contribution < 1.29 is 22.7 Å². The highest BCUT2D eigenvalue weighted by Gasteiger charge is 2.32. The zero-order valence-electron chi connectivity index (χ0n) is 12.7. The Morgan fingerprint density at radius 1 is 1.27 bits per heavy atom. The molecule has 7 nitrogen and oxygen atoms in total. The van der Waals surface area contributed by atoms with E-state index >= 15 is 0 Å². The smallest absolute Gasteiger partial charge is 0.308 e. The number of piperidine rings is 1. The molecule has 0 saturated carbocycles. The number of methoxy groups -OCH3 is 1. The minimum atomic E-state index is -3.82. The largest absolute Gasteiger partial charge is 0.469 e. The second-order valence-corrected chi connectivity index (χ2v) is 7.37. The molecule has 1 aliphatic carbocycles. The number of allylic oxidation sites excluding steroid dienone is 2. The Bertz CT molecular complexity index is 550. The van der Waals surface area contributed by atoms with Gasteiger partial charge in [0.25, 0.3) is 0 Å². The van der Waals surface area contributed by atoms with Crippen LogP contribution in [0.15, 0.2) is 12.2 Å². The summed E-state index contributed by atoms with van der Waals surface area (Å²) in [4.78, 5) is 23.3. The van der Waals surface area contributed by atoms with Crippen LogP contribution in [0.1, 0.15) is 32.1 Å². The number of carbonyl (C=O) groups excluding carboxylic acids is 2. The predicted octanol–water partition coefficient (Wildman–Crippen LogP) is 0.589. The van der Waals surface area contributed by atoms with Gasteiger partial charge in [0.1, 0.15) is 0 Å². The van der Waals surface area contributed by atoms with Gasteiger partial charge in [-0.1, -0.05) is 12.2 Å². The van der Waals surface area contributed by atoms with Crippen molar-refractivity contribution in [1.82, 2.24) is 9.03 Å². The van der Waals surface area contributed by atoms with E-state index in [0.29, 0.717) is 12.8 Å². The van der Waals surface area contributed by atoms with Crippen molar-refractivity contribution in [1.29, 1.82) is 0 Å². The molecule has 1 heterocycles. The molecule has 0 aromatic carbocycles. The lowest BCUT2D eigenvalue weighted by Crippen LogP contribution is -2.47. The van der Waals surface area contributed by atoms with Gasteiger partial charge in [0.2, 0.25) is 5.91 Å². The summed E-state index contributed by atoms with van der Waals surface area (Å²) < 4.78 is 32.4. The summed E-state index contributed by atoms with van der Waals surface area (Å²) >= 11 is 0. The van der Waals surface area contributed by atoms with Gasteiger partial charge in [0.05, 0.1) is 13.0 Å². The van der Waals surface area contributed by atoms with Crippen molar-refractivity contribution in [3.8, 4) is 0 Å². The Morgan fingerprint density at radius 2 is 1.95 bits per heavy atom. The number of hydrogen-bond acceptors (Lipinski definition) is 5. The van der Waals surface area contributed by atoms with E-state index in [9.17, 15) is 18.0 Å². The van der Waals surface area contributed by atoms with Gasteiger partial charge >= 0.3 is 16.2 Å². The summed E-state index contributed by atoms with van der Waals surface area (Å²) in [5.41, 5.74) is 0. The van der Waals surface area contributed by atoms with Crippen LogP contribution in [0.5, 0.6) is 0 Å². The minimum absolute atomic E-state index is 0.125. The number of hydrogen-bond donors (Lipinski definition) is 1. The first-order valence-corrected chi connectivity index (χ1v) is 8.91. The lowest BCUT2D eigenvalue weighted by atomic mass is 9.99. The number of ether oxygens (including phenoxy) is 1. The minimum Gasteiger partial charge on any atom is -0.469 e. The fraction of sp³-hybridized carbons (Fsp3) is 0.714. The maximum atomic E-state index is 12.2. The van der Waals surface area contributed by atoms with E-state index in [4.69, 9.17) is 0 Å². The molecule has 0 unspecified atom stereocenters. The van der Waals surface area contributed by atoms with Crippen LogP contribution in [0.3, 0.4) is 0 Å². The van der Waals surface area contributed by atoms with Gasteiger partial charge in [0, 0.05) is 19.5 Å². The molecule has 1 aliphatic heterocycles. The predicted molar refractivity (Wildman–Crippen MR) is 79.9 cm³/mol. The fourth-order valence-corrected chi connectivity index (χ4v) is 4.04. The van der Waals surface area contributed by atoms with E-state index in [1.807, 2.05) is 12.2 Å². The first-order chi connectivity index (χ1) is 10.4. The second-order valence-electron chi connectivity index (χ2n) is 5.70. The Morgan fingerprint density at radius 3 is 2.50 bits per heavy atom. The van der Waals surface area contributed by atoms with Gasteiger partial charge in [-0.2, -0.15) is 12.7 Å². The fourth-order valence-electron chi connectivity index (χ4n) is 2.85. The molecule has 1 N–H and O–H groups in total. The third-order valence-electron chi connectivity index (χ3n) is 4.13. The highest BCUT2D eigenvalue weighted by Crippen LogP contribution is 2.22. The van der Waals surface area contributed by atoms with Gasteiger partial charge in [-0.15, -0.1) is 0 Å². The van der Waals surface area contributed by atoms with E-state index in [1.165, 1.54) is 11.4 Å². The molecule has 8 heteroatoms. The van der Waals surface area contributed by atoms with Gasteiger partial charge in [-0.25, -0.2) is 4.72 Å². The van der Waals surface area contributed by atoms with Crippen molar-refractivity contribution in [2.75, 3.05) is 20.2 Å². The van der Waals surface area contributed by atoms with Crippen molar-refractivity contribution >= 4 is 22.1 Å². The monoisotopic (exact) mass is 330 g/mol. The van der Waals surface area contributed by atoms with Crippen LogP contribution in [-0.2, 0) is 24.5 Å². The third kappa shape index (κ3) is 4.30. The first kappa shape index (κ1) is 17.0. The van der Waals surface area contributed by atoms with Gasteiger partial charge in [-0.05, 0) is 31.6 Å². The number of nitrogens with zero attached hydrogens (tertiary/aromatic N) is 1. The Hall–Kier alpha value is -1.41. The van der Waals surface area contributed by atoms with E-state index in [2.05, 4.69) is 9.46 Å². The molecule has 1 atom stereocenters. The number of nitrogens with one attached hydrogen (secondary N) is 1. The van der Waals surface area contributed by atoms with Crippen LogP contribution in [0.4, 0.5) is 0 Å². The van der Waals surface area contributed by atoms with Crippen molar-refractivity contribution in [3.05, 3.63) is 12.2 Å². The van der Waals surface area contributed by atoms with Crippen LogP contribution < -0.4 is 4.72 Å². The van der Waals surface area contributed by atoms with E-state index in [0.717, 1.165) is 12.8 Å². The number of rotatable bonds is 5. The molecule has 0 radical (unpaired) electrons. The molecule has 1 amide bonds. The van der Waals surface area contributed by atoms with Crippen molar-refractivity contribution in [2.24, 2.45) is 11.8 Å². The summed E-state index contributed by atoms with van der Waals surface area (Å²) in [7, 11) is -2.50. The van der Waals surface area contributed by atoms with Gasteiger partial charge < -0.3 is 4.74 Å². The molecule has 0 bridgehead atoms. The molecular weight excluding hydrogens is 308 g/mol.